The summed E-state index contributed by atoms with van der Waals surface area (Å²) in [6, 6.07) is 3.94. The zero-order valence-corrected chi connectivity index (χ0v) is 17.4. The normalized spacial score (nSPS) is 16.1. The zero-order valence-electron chi connectivity index (χ0n) is 17.4. The molecule has 1 atom stereocenters. The number of piperidine rings is 1. The molecule has 0 unspecified atom stereocenters. The first-order valence-electron chi connectivity index (χ1n) is 10.6. The summed E-state index contributed by atoms with van der Waals surface area (Å²) in [5.74, 6) is 0.0915. The third-order valence-corrected chi connectivity index (χ3v) is 5.52. The Bertz CT molecular complexity index is 1020. The second kappa shape index (κ2) is 8.91. The summed E-state index contributed by atoms with van der Waals surface area (Å²) in [4.78, 5) is 12.7. The van der Waals surface area contributed by atoms with Crippen LogP contribution in [0, 0.1) is 5.95 Å². The predicted octanol–water partition coefficient (Wildman–Crippen LogP) is 2.87. The second-order valence-electron chi connectivity index (χ2n) is 7.87. The number of pyridine rings is 1. The smallest absolute Gasteiger partial charge is 0.336 e. The number of imidazole rings is 1. The number of anilines is 1. The number of nitrogens with zero attached hydrogens (tertiary/aromatic N) is 5. The van der Waals surface area contributed by atoms with Crippen molar-refractivity contribution < 1.29 is 9.13 Å². The van der Waals surface area contributed by atoms with E-state index in [4.69, 9.17) is 10.5 Å². The maximum atomic E-state index is 14.8. The van der Waals surface area contributed by atoms with Crippen LogP contribution in [-0.2, 0) is 6.42 Å². The molecule has 0 radical (unpaired) electrons. The van der Waals surface area contributed by atoms with Crippen molar-refractivity contribution in [1.82, 2.24) is 29.9 Å². The Balaban J connectivity index is 1.58. The van der Waals surface area contributed by atoms with Crippen LogP contribution in [0.5, 0.6) is 6.01 Å². The topological polar surface area (TPSA) is 103 Å². The summed E-state index contributed by atoms with van der Waals surface area (Å²) < 4.78 is 22.1. The van der Waals surface area contributed by atoms with Gasteiger partial charge in [0, 0.05) is 23.6 Å². The lowest BCUT2D eigenvalue weighted by Crippen LogP contribution is -2.27. The molecular formula is C21H28FN7O. The highest BCUT2D eigenvalue weighted by molar-refractivity contribution is 5.59. The minimum atomic E-state index is -0.448. The molecule has 0 aromatic carbocycles. The first-order valence-corrected chi connectivity index (χ1v) is 10.6. The Labute approximate surface area is 175 Å². The first kappa shape index (κ1) is 20.5. The lowest BCUT2D eigenvalue weighted by atomic mass is 9.94. The highest BCUT2D eigenvalue weighted by Crippen LogP contribution is 2.25. The number of hydrogen-bond acceptors (Lipinski definition) is 7. The molecule has 3 aromatic rings. The summed E-state index contributed by atoms with van der Waals surface area (Å²) in [5, 5.41) is 7.75. The van der Waals surface area contributed by atoms with Gasteiger partial charge in [0.2, 0.25) is 5.95 Å². The molecule has 0 amide bonds. The average molecular weight is 414 g/mol. The van der Waals surface area contributed by atoms with Crippen LogP contribution in [0.15, 0.2) is 18.3 Å². The maximum Gasteiger partial charge on any atom is 0.336 e. The van der Waals surface area contributed by atoms with Crippen LogP contribution >= 0.6 is 0 Å². The monoisotopic (exact) mass is 413 g/mol. The van der Waals surface area contributed by atoms with Gasteiger partial charge in [-0.05, 0) is 45.3 Å². The standard InChI is InChI=1S/C21H28FN7O/c1-3-4-13(2)30-21-27-19(23)20-25-12-16(29(20)28-21)11-15-5-6-17(26-18(15)22)14-7-9-24-10-8-14/h5-6,12-14,24H,3-4,7-11H2,1-2H3,(H2,23,27,28)/t13-/m0/s1. The van der Waals surface area contributed by atoms with Gasteiger partial charge in [0.15, 0.2) is 11.5 Å². The van der Waals surface area contributed by atoms with Gasteiger partial charge in [-0.25, -0.2) is 14.5 Å². The van der Waals surface area contributed by atoms with Crippen molar-refractivity contribution in [2.24, 2.45) is 0 Å². The van der Waals surface area contributed by atoms with Crippen LogP contribution in [0.3, 0.4) is 0 Å². The van der Waals surface area contributed by atoms with Crippen LogP contribution in [-0.4, -0.2) is 43.8 Å². The Morgan fingerprint density at radius 3 is 2.83 bits per heavy atom. The number of rotatable bonds is 7. The SMILES string of the molecule is CCC[C@H](C)Oc1nc(N)c2ncc(Cc3ccc(C4CCNCC4)nc3F)n2n1. The van der Waals surface area contributed by atoms with Crippen LogP contribution in [0.4, 0.5) is 10.2 Å². The molecule has 0 spiro atoms. The predicted molar refractivity (Wildman–Crippen MR) is 112 cm³/mol. The number of fused-ring (bicyclic) bond motifs is 1. The van der Waals surface area contributed by atoms with E-state index in [0.717, 1.165) is 44.5 Å². The van der Waals surface area contributed by atoms with E-state index in [1.807, 2.05) is 19.1 Å². The lowest BCUT2D eigenvalue weighted by Gasteiger charge is -2.22. The summed E-state index contributed by atoms with van der Waals surface area (Å²) in [5.41, 5.74) is 8.48. The summed E-state index contributed by atoms with van der Waals surface area (Å²) >= 11 is 0. The summed E-state index contributed by atoms with van der Waals surface area (Å²) in [6.07, 6.45) is 5.76. The Hall–Kier alpha value is -2.81. The molecule has 160 valence electrons. The van der Waals surface area contributed by atoms with Crippen LogP contribution in [0.2, 0.25) is 0 Å². The molecule has 3 aromatic heterocycles. The number of aromatic nitrogens is 5. The number of nitrogen functional groups attached to an aromatic ring is 1. The highest BCUT2D eigenvalue weighted by Gasteiger charge is 2.19. The van der Waals surface area contributed by atoms with Gasteiger partial charge in [-0.2, -0.15) is 9.37 Å². The number of ether oxygens (including phenoxy) is 1. The Morgan fingerprint density at radius 1 is 1.30 bits per heavy atom. The third kappa shape index (κ3) is 4.35. The molecule has 30 heavy (non-hydrogen) atoms. The molecule has 0 bridgehead atoms. The van der Waals surface area contributed by atoms with E-state index >= 15 is 0 Å². The molecule has 1 aliphatic heterocycles. The maximum absolute atomic E-state index is 14.8. The quantitative estimate of drug-likeness (QED) is 0.574. The largest absolute Gasteiger partial charge is 0.459 e. The number of halogens is 1. The third-order valence-electron chi connectivity index (χ3n) is 5.52. The lowest BCUT2D eigenvalue weighted by molar-refractivity contribution is 0.189. The minimum absolute atomic E-state index is 0.0250. The van der Waals surface area contributed by atoms with Crippen LogP contribution in [0.1, 0.15) is 62.4 Å². The van der Waals surface area contributed by atoms with E-state index in [1.54, 1.807) is 10.7 Å². The zero-order chi connectivity index (χ0) is 21.1. The van der Waals surface area contributed by atoms with E-state index in [2.05, 4.69) is 32.3 Å². The fourth-order valence-corrected chi connectivity index (χ4v) is 3.89. The molecule has 1 aliphatic rings. The van der Waals surface area contributed by atoms with Crippen LogP contribution < -0.4 is 15.8 Å². The molecule has 9 heteroatoms. The molecule has 0 saturated carbocycles. The van der Waals surface area contributed by atoms with Gasteiger partial charge in [-0.1, -0.05) is 19.4 Å². The Morgan fingerprint density at radius 2 is 2.10 bits per heavy atom. The van der Waals surface area contributed by atoms with Gasteiger partial charge in [0.05, 0.1) is 18.0 Å². The van der Waals surface area contributed by atoms with Crippen molar-refractivity contribution in [3.63, 3.8) is 0 Å². The van der Waals surface area contributed by atoms with Crippen molar-refractivity contribution in [2.75, 3.05) is 18.8 Å². The minimum Gasteiger partial charge on any atom is -0.459 e. The van der Waals surface area contributed by atoms with Crippen molar-refractivity contribution >= 4 is 11.5 Å². The first-order chi connectivity index (χ1) is 14.5. The van der Waals surface area contributed by atoms with E-state index < -0.39 is 5.95 Å². The number of nitrogens with two attached hydrogens (primary N) is 1. The van der Waals surface area contributed by atoms with Gasteiger partial charge in [-0.15, -0.1) is 5.10 Å². The van der Waals surface area contributed by atoms with Crippen molar-refractivity contribution in [3.8, 4) is 6.01 Å². The van der Waals surface area contributed by atoms with Crippen molar-refractivity contribution in [1.29, 1.82) is 0 Å². The van der Waals surface area contributed by atoms with Gasteiger partial charge >= 0.3 is 6.01 Å². The Kier molecular flexibility index (Phi) is 6.08. The number of nitrogens with one attached hydrogen (secondary N) is 1. The highest BCUT2D eigenvalue weighted by atomic mass is 19.1. The van der Waals surface area contributed by atoms with Gasteiger partial charge in [0.25, 0.3) is 0 Å². The van der Waals surface area contributed by atoms with Gasteiger partial charge in [-0.3, -0.25) is 0 Å². The van der Waals surface area contributed by atoms with Gasteiger partial charge < -0.3 is 15.8 Å². The molecule has 8 nitrogen and oxygen atoms in total. The molecule has 3 N–H and O–H groups in total. The number of hydrogen-bond donors (Lipinski definition) is 2. The van der Waals surface area contributed by atoms with Crippen LogP contribution in [0.25, 0.3) is 5.65 Å². The fourth-order valence-electron chi connectivity index (χ4n) is 3.89. The molecule has 4 heterocycles. The van der Waals surface area contributed by atoms with E-state index in [-0.39, 0.29) is 17.9 Å². The molecule has 1 fully saturated rings. The van der Waals surface area contributed by atoms with Crippen molar-refractivity contribution in [3.05, 3.63) is 41.2 Å². The summed E-state index contributed by atoms with van der Waals surface area (Å²) in [6.45, 7) is 5.94. The molecule has 1 saturated heterocycles. The average Bonchev–Trinajstić information content (AvgIpc) is 3.13. The van der Waals surface area contributed by atoms with E-state index in [1.165, 1.54) is 0 Å². The summed E-state index contributed by atoms with van der Waals surface area (Å²) in [7, 11) is 0. The van der Waals surface area contributed by atoms with E-state index in [0.29, 0.717) is 29.2 Å². The van der Waals surface area contributed by atoms with Crippen molar-refractivity contribution in [2.45, 2.75) is 58.0 Å². The van der Waals surface area contributed by atoms with E-state index in [9.17, 15) is 4.39 Å². The molecular weight excluding hydrogens is 385 g/mol. The molecule has 0 aliphatic carbocycles. The fraction of sp³-hybridized carbons (Fsp3) is 0.524. The molecule has 4 rings (SSSR count). The van der Waals surface area contributed by atoms with Gasteiger partial charge in [0.1, 0.15) is 0 Å². The second-order valence-corrected chi connectivity index (χ2v) is 7.87.